The molecule has 0 unspecified atom stereocenters. The van der Waals surface area contributed by atoms with E-state index in [4.69, 9.17) is 37.4 Å². The molecule has 10 heteroatoms. The third-order valence-electron chi connectivity index (χ3n) is 4.87. The predicted molar refractivity (Wildman–Crippen MR) is 125 cm³/mol. The number of carbonyl (C=O) groups is 4. The number of rotatable bonds is 8. The standard InChI is InChI=1S/C24H21Cl2NO7/c1-4-32-22(30)24(34-13(3)28,23(31)33-5-2)19-17-11-10-16(26)12-18(17)27-20(19)21(29)14-6-8-15(25)9-7-14/h6-12,27H,4-5H2,1-3H3. The molecule has 0 saturated heterocycles. The Kier molecular flexibility index (Phi) is 7.64. The molecule has 0 bridgehead atoms. The van der Waals surface area contributed by atoms with Crippen LogP contribution in [0.15, 0.2) is 42.5 Å². The lowest BCUT2D eigenvalue weighted by Crippen LogP contribution is -2.50. The molecule has 0 atom stereocenters. The second-order valence-electron chi connectivity index (χ2n) is 7.12. The van der Waals surface area contributed by atoms with Crippen molar-refractivity contribution in [1.82, 2.24) is 4.98 Å². The Morgan fingerprint density at radius 2 is 1.44 bits per heavy atom. The molecule has 0 spiro atoms. The molecule has 8 nitrogen and oxygen atoms in total. The summed E-state index contributed by atoms with van der Waals surface area (Å²) in [5, 5.41) is 0.979. The number of esters is 3. The average molecular weight is 506 g/mol. The topological polar surface area (TPSA) is 112 Å². The number of aromatic nitrogens is 1. The minimum Gasteiger partial charge on any atom is -0.462 e. The number of benzene rings is 2. The van der Waals surface area contributed by atoms with E-state index in [9.17, 15) is 19.2 Å². The monoisotopic (exact) mass is 505 g/mol. The van der Waals surface area contributed by atoms with Gasteiger partial charge in [-0.1, -0.05) is 29.3 Å². The second kappa shape index (κ2) is 10.3. The van der Waals surface area contributed by atoms with Crippen molar-refractivity contribution in [2.75, 3.05) is 13.2 Å². The zero-order valence-electron chi connectivity index (χ0n) is 18.6. The minimum atomic E-state index is -2.71. The van der Waals surface area contributed by atoms with Gasteiger partial charge in [-0.15, -0.1) is 0 Å². The summed E-state index contributed by atoms with van der Waals surface area (Å²) >= 11 is 12.1. The van der Waals surface area contributed by atoms with Crippen LogP contribution in [-0.2, 0) is 34.2 Å². The van der Waals surface area contributed by atoms with Crippen LogP contribution in [0.3, 0.4) is 0 Å². The molecule has 0 aliphatic heterocycles. The molecule has 3 aromatic rings. The van der Waals surface area contributed by atoms with Crippen molar-refractivity contribution in [3.8, 4) is 0 Å². The first-order chi connectivity index (χ1) is 16.1. The summed E-state index contributed by atoms with van der Waals surface area (Å²) in [6.45, 7) is 3.82. The maximum Gasteiger partial charge on any atom is 0.367 e. The van der Waals surface area contributed by atoms with Crippen LogP contribution in [0.25, 0.3) is 10.9 Å². The quantitative estimate of drug-likeness (QED) is 0.206. The lowest BCUT2D eigenvalue weighted by molar-refractivity contribution is -0.197. The number of fused-ring (bicyclic) bond motifs is 1. The van der Waals surface area contributed by atoms with Gasteiger partial charge in [0.25, 0.3) is 0 Å². The Bertz CT molecular complexity index is 1250. The number of H-pyrrole nitrogens is 1. The number of hydrogen-bond acceptors (Lipinski definition) is 7. The second-order valence-corrected chi connectivity index (χ2v) is 7.99. The highest BCUT2D eigenvalue weighted by atomic mass is 35.5. The van der Waals surface area contributed by atoms with E-state index in [1.807, 2.05) is 0 Å². The molecule has 2 aromatic carbocycles. The van der Waals surface area contributed by atoms with Gasteiger partial charge in [0.05, 0.1) is 24.5 Å². The van der Waals surface area contributed by atoms with Crippen LogP contribution < -0.4 is 0 Å². The Hall–Kier alpha value is -3.36. The summed E-state index contributed by atoms with van der Waals surface area (Å²) in [4.78, 5) is 55.3. The molecule has 0 radical (unpaired) electrons. The van der Waals surface area contributed by atoms with Crippen LogP contribution >= 0.6 is 23.2 Å². The molecule has 3 rings (SSSR count). The van der Waals surface area contributed by atoms with Crippen LogP contribution in [0.2, 0.25) is 10.0 Å². The van der Waals surface area contributed by atoms with Gasteiger partial charge in [0.1, 0.15) is 0 Å². The SMILES string of the molecule is CCOC(=O)C(OC(C)=O)(C(=O)OCC)c1c(C(=O)c2ccc(Cl)cc2)[nH]c2cc(Cl)ccc12. The first-order valence-corrected chi connectivity index (χ1v) is 11.1. The summed E-state index contributed by atoms with van der Waals surface area (Å²) in [5.74, 6) is -3.97. The fourth-order valence-electron chi connectivity index (χ4n) is 3.55. The van der Waals surface area contributed by atoms with Gasteiger partial charge in [0.15, 0.2) is 0 Å². The zero-order chi connectivity index (χ0) is 25.0. The summed E-state index contributed by atoms with van der Waals surface area (Å²) in [6.07, 6.45) is 0. The van der Waals surface area contributed by atoms with Crippen molar-refractivity contribution in [2.45, 2.75) is 26.4 Å². The van der Waals surface area contributed by atoms with E-state index in [1.165, 1.54) is 56.3 Å². The highest BCUT2D eigenvalue weighted by Crippen LogP contribution is 2.39. The largest absolute Gasteiger partial charge is 0.462 e. The fraction of sp³-hybridized carbons (Fsp3) is 0.250. The van der Waals surface area contributed by atoms with Gasteiger partial charge < -0.3 is 19.2 Å². The van der Waals surface area contributed by atoms with Gasteiger partial charge >= 0.3 is 23.5 Å². The number of ketones is 1. The molecule has 34 heavy (non-hydrogen) atoms. The highest BCUT2D eigenvalue weighted by Gasteiger charge is 2.57. The van der Waals surface area contributed by atoms with Crippen LogP contribution in [0.5, 0.6) is 0 Å². The van der Waals surface area contributed by atoms with E-state index in [1.54, 1.807) is 0 Å². The van der Waals surface area contributed by atoms with Gasteiger partial charge in [-0.3, -0.25) is 9.59 Å². The van der Waals surface area contributed by atoms with Crippen molar-refractivity contribution in [3.63, 3.8) is 0 Å². The molecular weight excluding hydrogens is 485 g/mol. The third-order valence-corrected chi connectivity index (χ3v) is 5.36. The maximum absolute atomic E-state index is 13.6. The maximum atomic E-state index is 13.6. The molecule has 0 amide bonds. The Balaban J connectivity index is 2.43. The zero-order valence-corrected chi connectivity index (χ0v) is 20.1. The fourth-order valence-corrected chi connectivity index (χ4v) is 3.85. The van der Waals surface area contributed by atoms with Crippen molar-refractivity contribution in [1.29, 1.82) is 0 Å². The number of halogens is 2. The van der Waals surface area contributed by atoms with Crippen molar-refractivity contribution < 1.29 is 33.4 Å². The van der Waals surface area contributed by atoms with Gasteiger partial charge in [0.2, 0.25) is 5.78 Å². The molecule has 0 aliphatic carbocycles. The van der Waals surface area contributed by atoms with Gasteiger partial charge in [-0.2, -0.15) is 0 Å². The molecule has 0 fully saturated rings. The van der Waals surface area contributed by atoms with Gasteiger partial charge in [-0.05, 0) is 50.2 Å². The van der Waals surface area contributed by atoms with E-state index in [2.05, 4.69) is 4.98 Å². The molecular formula is C24H21Cl2NO7. The van der Waals surface area contributed by atoms with Gasteiger partial charge in [0, 0.05) is 33.4 Å². The lowest BCUT2D eigenvalue weighted by Gasteiger charge is -2.29. The molecule has 178 valence electrons. The van der Waals surface area contributed by atoms with Crippen molar-refractivity contribution >= 4 is 57.8 Å². The van der Waals surface area contributed by atoms with E-state index in [0.717, 1.165) is 6.92 Å². The number of ether oxygens (including phenoxy) is 3. The van der Waals surface area contributed by atoms with Crippen LogP contribution in [-0.4, -0.2) is 41.9 Å². The van der Waals surface area contributed by atoms with E-state index >= 15 is 0 Å². The first kappa shape index (κ1) is 25.3. The molecule has 0 saturated carbocycles. The van der Waals surface area contributed by atoms with Gasteiger partial charge in [-0.25, -0.2) is 9.59 Å². The van der Waals surface area contributed by atoms with E-state index in [0.29, 0.717) is 15.6 Å². The predicted octanol–water partition coefficient (Wildman–Crippen LogP) is 4.59. The molecule has 0 aliphatic rings. The van der Waals surface area contributed by atoms with Crippen LogP contribution in [0.1, 0.15) is 42.4 Å². The number of nitrogens with one attached hydrogen (secondary N) is 1. The Labute approximate surface area is 205 Å². The lowest BCUT2D eigenvalue weighted by atomic mass is 9.88. The Morgan fingerprint density at radius 1 is 0.882 bits per heavy atom. The average Bonchev–Trinajstić information content (AvgIpc) is 3.16. The summed E-state index contributed by atoms with van der Waals surface area (Å²) in [5.41, 5.74) is -2.58. The van der Waals surface area contributed by atoms with Crippen LogP contribution in [0, 0.1) is 0 Å². The van der Waals surface area contributed by atoms with Crippen molar-refractivity contribution in [3.05, 3.63) is 69.3 Å². The molecule has 1 N–H and O–H groups in total. The van der Waals surface area contributed by atoms with Crippen molar-refractivity contribution in [2.24, 2.45) is 0 Å². The molecule has 1 aromatic heterocycles. The number of carbonyl (C=O) groups excluding carboxylic acids is 4. The normalized spacial score (nSPS) is 11.2. The summed E-state index contributed by atoms with van der Waals surface area (Å²) in [7, 11) is 0. The minimum absolute atomic E-state index is 0.129. The molecule has 1 heterocycles. The third kappa shape index (κ3) is 4.64. The highest BCUT2D eigenvalue weighted by molar-refractivity contribution is 6.31. The van der Waals surface area contributed by atoms with E-state index < -0.39 is 29.3 Å². The smallest absolute Gasteiger partial charge is 0.367 e. The van der Waals surface area contributed by atoms with Crippen LogP contribution in [0.4, 0.5) is 0 Å². The number of aromatic amines is 1. The summed E-state index contributed by atoms with van der Waals surface area (Å²) in [6, 6.07) is 10.5. The first-order valence-electron chi connectivity index (χ1n) is 10.3. The number of hydrogen-bond donors (Lipinski definition) is 1. The Morgan fingerprint density at radius 3 is 1.97 bits per heavy atom. The summed E-state index contributed by atoms with van der Waals surface area (Å²) < 4.78 is 15.7. The van der Waals surface area contributed by atoms with E-state index in [-0.39, 0.29) is 35.4 Å².